The minimum atomic E-state index is -0.496. The lowest BCUT2D eigenvalue weighted by atomic mass is 10.2. The molecule has 0 amide bonds. The third kappa shape index (κ3) is 5.09. The van der Waals surface area contributed by atoms with Crippen molar-refractivity contribution < 1.29 is 14.5 Å². The van der Waals surface area contributed by atoms with E-state index < -0.39 is 10.9 Å². The Balaban J connectivity index is 1.44. The van der Waals surface area contributed by atoms with Crippen LogP contribution >= 0.6 is 11.3 Å². The number of pyridine rings is 1. The van der Waals surface area contributed by atoms with Crippen molar-refractivity contribution in [2.24, 2.45) is 0 Å². The molecule has 0 atom stereocenters. The molecule has 0 aliphatic heterocycles. The van der Waals surface area contributed by atoms with E-state index in [-0.39, 0.29) is 12.3 Å². The predicted octanol–water partition coefficient (Wildman–Crippen LogP) is 4.31. The summed E-state index contributed by atoms with van der Waals surface area (Å²) in [5.41, 5.74) is 3.34. The lowest BCUT2D eigenvalue weighted by Crippen LogP contribution is -2.05. The zero-order valence-corrected chi connectivity index (χ0v) is 18.8. The number of rotatable bonds is 8. The molecule has 0 bridgehead atoms. The number of carbonyl (C=O) groups is 1. The van der Waals surface area contributed by atoms with E-state index in [2.05, 4.69) is 27.2 Å². The lowest BCUT2D eigenvalue weighted by Gasteiger charge is -2.01. The number of carbonyl (C=O) groups excluding carboxylic acids is 1. The van der Waals surface area contributed by atoms with Gasteiger partial charge in [-0.1, -0.05) is 24.6 Å². The van der Waals surface area contributed by atoms with E-state index in [9.17, 15) is 14.9 Å². The van der Waals surface area contributed by atoms with E-state index in [4.69, 9.17) is 4.74 Å². The Labute approximate surface area is 193 Å². The van der Waals surface area contributed by atoms with Gasteiger partial charge in [-0.3, -0.25) is 15.1 Å². The van der Waals surface area contributed by atoms with Crippen molar-refractivity contribution in [3.8, 4) is 16.3 Å². The first kappa shape index (κ1) is 22.2. The summed E-state index contributed by atoms with van der Waals surface area (Å²) in [4.78, 5) is 32.4. The molecule has 4 aromatic rings. The summed E-state index contributed by atoms with van der Waals surface area (Å²) >= 11 is 1.27. The molecule has 0 fully saturated rings. The number of aryl methyl sites for hydroxylation is 2. The van der Waals surface area contributed by atoms with Gasteiger partial charge in [-0.25, -0.2) is 14.5 Å². The van der Waals surface area contributed by atoms with Crippen LogP contribution in [0.4, 0.5) is 5.69 Å². The zero-order chi connectivity index (χ0) is 23.4. The van der Waals surface area contributed by atoms with Crippen LogP contribution in [0, 0.1) is 17.0 Å². The first-order valence-electron chi connectivity index (χ1n) is 10.2. The number of esters is 1. The summed E-state index contributed by atoms with van der Waals surface area (Å²) < 4.78 is 6.81. The maximum atomic E-state index is 12.7. The maximum Gasteiger partial charge on any atom is 0.350 e. The van der Waals surface area contributed by atoms with Gasteiger partial charge in [0.25, 0.3) is 5.69 Å². The maximum absolute atomic E-state index is 12.7. The van der Waals surface area contributed by atoms with Crippen LogP contribution in [0.15, 0.2) is 48.8 Å². The van der Waals surface area contributed by atoms with Crippen molar-refractivity contribution in [3.05, 3.63) is 80.9 Å². The number of hydrogen-bond donors (Lipinski definition) is 0. The molecular formula is C22H20N6O4S. The molecule has 0 N–H and O–H groups in total. The van der Waals surface area contributed by atoms with Gasteiger partial charge in [-0.2, -0.15) is 0 Å². The Morgan fingerprint density at radius 3 is 2.88 bits per heavy atom. The third-order valence-electron chi connectivity index (χ3n) is 4.75. The molecule has 0 spiro atoms. The van der Waals surface area contributed by atoms with E-state index in [0.717, 1.165) is 29.1 Å². The monoisotopic (exact) mass is 464 g/mol. The molecule has 0 saturated heterocycles. The van der Waals surface area contributed by atoms with Gasteiger partial charge in [0.2, 0.25) is 0 Å². The average Bonchev–Trinajstić information content (AvgIpc) is 3.45. The van der Waals surface area contributed by atoms with E-state index >= 15 is 0 Å². The van der Waals surface area contributed by atoms with E-state index in [0.29, 0.717) is 22.0 Å². The molecule has 0 aliphatic rings. The van der Waals surface area contributed by atoms with Gasteiger partial charge < -0.3 is 4.74 Å². The Morgan fingerprint density at radius 1 is 1.24 bits per heavy atom. The second-order valence-electron chi connectivity index (χ2n) is 7.23. The molecule has 1 aromatic carbocycles. The van der Waals surface area contributed by atoms with Crippen molar-refractivity contribution in [2.75, 3.05) is 0 Å². The summed E-state index contributed by atoms with van der Waals surface area (Å²) in [6, 6.07) is 9.88. The quantitative estimate of drug-likeness (QED) is 0.214. The number of hydrogen-bond acceptors (Lipinski definition) is 9. The zero-order valence-electron chi connectivity index (χ0n) is 18.0. The van der Waals surface area contributed by atoms with Gasteiger partial charge in [0.05, 0.1) is 22.5 Å². The van der Waals surface area contributed by atoms with Crippen LogP contribution in [0.3, 0.4) is 0 Å². The van der Waals surface area contributed by atoms with Gasteiger partial charge in [0.1, 0.15) is 22.2 Å². The van der Waals surface area contributed by atoms with Crippen molar-refractivity contribution in [1.29, 1.82) is 0 Å². The Bertz CT molecular complexity index is 1320. The summed E-state index contributed by atoms with van der Waals surface area (Å²) in [7, 11) is 0. The fourth-order valence-corrected chi connectivity index (χ4v) is 4.11. The Kier molecular flexibility index (Phi) is 6.50. The molecule has 0 aliphatic carbocycles. The number of thiazole rings is 1. The number of non-ortho nitro benzene ring substituents is 1. The molecule has 3 aromatic heterocycles. The second-order valence-corrected chi connectivity index (χ2v) is 8.23. The van der Waals surface area contributed by atoms with Crippen LogP contribution < -0.4 is 0 Å². The molecule has 0 radical (unpaired) electrons. The number of nitro benzene ring substituents is 1. The van der Waals surface area contributed by atoms with Crippen LogP contribution in [0.2, 0.25) is 0 Å². The standard InChI is InChI=1S/C22H20N6O4S/c1-3-5-16-10-15(8-9-23-16)21-24-14(2)20(33-21)22(29)32-13-17-12-27(26-25-17)18-6-4-7-19(11-18)28(30)31/h4,6-12H,3,5,13H2,1-2H3. The van der Waals surface area contributed by atoms with Crippen molar-refractivity contribution in [2.45, 2.75) is 33.3 Å². The van der Waals surface area contributed by atoms with E-state index in [1.54, 1.807) is 31.5 Å². The fourth-order valence-electron chi connectivity index (χ4n) is 3.16. The van der Waals surface area contributed by atoms with Gasteiger partial charge in [0.15, 0.2) is 0 Å². The first-order valence-corrected chi connectivity index (χ1v) is 11.0. The molecule has 0 saturated carbocycles. The van der Waals surface area contributed by atoms with Crippen LogP contribution in [-0.2, 0) is 17.8 Å². The molecule has 4 rings (SSSR count). The highest BCUT2D eigenvalue weighted by molar-refractivity contribution is 7.17. The molecule has 3 heterocycles. The molecular weight excluding hydrogens is 444 g/mol. The van der Waals surface area contributed by atoms with Crippen LogP contribution in [-0.4, -0.2) is 35.9 Å². The number of nitrogens with zero attached hydrogens (tertiary/aromatic N) is 6. The highest BCUT2D eigenvalue weighted by atomic mass is 32.1. The topological polar surface area (TPSA) is 126 Å². The van der Waals surface area contributed by atoms with Crippen LogP contribution in [0.1, 0.15) is 40.1 Å². The molecule has 33 heavy (non-hydrogen) atoms. The smallest absolute Gasteiger partial charge is 0.350 e. The average molecular weight is 465 g/mol. The Hall–Kier alpha value is -3.99. The largest absolute Gasteiger partial charge is 0.455 e. The Morgan fingerprint density at radius 2 is 2.09 bits per heavy atom. The molecule has 11 heteroatoms. The number of aromatic nitrogens is 5. The van der Waals surface area contributed by atoms with E-state index in [1.807, 2.05) is 12.1 Å². The van der Waals surface area contributed by atoms with Crippen LogP contribution in [0.25, 0.3) is 16.3 Å². The van der Waals surface area contributed by atoms with Gasteiger partial charge in [-0.15, -0.1) is 16.4 Å². The number of benzene rings is 1. The molecule has 0 unspecified atom stereocenters. The lowest BCUT2D eigenvalue weighted by molar-refractivity contribution is -0.384. The first-order chi connectivity index (χ1) is 15.9. The van der Waals surface area contributed by atoms with Crippen molar-refractivity contribution in [1.82, 2.24) is 25.0 Å². The summed E-state index contributed by atoms with van der Waals surface area (Å²) in [5, 5.41) is 19.6. The predicted molar refractivity (Wildman–Crippen MR) is 121 cm³/mol. The second kappa shape index (κ2) is 9.65. The number of nitro groups is 1. The summed E-state index contributed by atoms with van der Waals surface area (Å²) in [5.74, 6) is -0.496. The van der Waals surface area contributed by atoms with Gasteiger partial charge >= 0.3 is 5.97 Å². The highest BCUT2D eigenvalue weighted by Crippen LogP contribution is 2.29. The van der Waals surface area contributed by atoms with Gasteiger partial charge in [-0.05, 0) is 31.5 Å². The SMILES string of the molecule is CCCc1cc(-c2nc(C)c(C(=O)OCc3cn(-c4cccc([N+](=O)[O-])c4)nn3)s2)ccn1. The minimum absolute atomic E-state index is 0.0523. The third-order valence-corrected chi connectivity index (χ3v) is 5.94. The molecule has 168 valence electrons. The minimum Gasteiger partial charge on any atom is -0.455 e. The highest BCUT2D eigenvalue weighted by Gasteiger charge is 2.19. The van der Waals surface area contributed by atoms with Crippen LogP contribution in [0.5, 0.6) is 0 Å². The summed E-state index contributed by atoms with van der Waals surface area (Å²) in [6.07, 6.45) is 5.18. The van der Waals surface area contributed by atoms with Crippen molar-refractivity contribution >= 4 is 23.0 Å². The fraction of sp³-hybridized carbons (Fsp3) is 0.227. The number of ether oxygens (including phenoxy) is 1. The van der Waals surface area contributed by atoms with E-state index in [1.165, 1.54) is 28.2 Å². The van der Waals surface area contributed by atoms with Gasteiger partial charge in [0, 0.05) is 29.6 Å². The van der Waals surface area contributed by atoms with Crippen molar-refractivity contribution in [3.63, 3.8) is 0 Å². The summed E-state index contributed by atoms with van der Waals surface area (Å²) in [6.45, 7) is 3.78. The normalized spacial score (nSPS) is 10.8. The molecule has 10 nitrogen and oxygen atoms in total.